The first-order chi connectivity index (χ1) is 20.6. The Morgan fingerprint density at radius 3 is 2.00 bits per heavy atom. The summed E-state index contributed by atoms with van der Waals surface area (Å²) >= 11 is 0. The third-order valence-corrected chi connectivity index (χ3v) is 6.60. The predicted molar refractivity (Wildman–Crippen MR) is 160 cm³/mol. The van der Waals surface area contributed by atoms with Gasteiger partial charge in [0, 0.05) is 16.9 Å². The van der Waals surface area contributed by atoms with Crippen molar-refractivity contribution in [1.82, 2.24) is 5.32 Å². The smallest absolute Gasteiger partial charge is 0.337 e. The SMILES string of the molecule is CCC(C)c1ccc(N(Cc2ccc(C(=O)NC(=N)/N=N\N)cc2)C(=O)Nc2cc(C(=O)OC)cc(C(=O)OC)c2)cc1. The topological polar surface area (TPSA) is 189 Å². The summed E-state index contributed by atoms with van der Waals surface area (Å²) in [7, 11) is 2.42. The lowest BCUT2D eigenvalue weighted by Crippen LogP contribution is -2.34. The fourth-order valence-electron chi connectivity index (χ4n) is 4.07. The average Bonchev–Trinajstić information content (AvgIpc) is 3.02. The predicted octanol–water partition coefficient (Wildman–Crippen LogP) is 5.00. The van der Waals surface area contributed by atoms with Gasteiger partial charge in [-0.2, -0.15) is 0 Å². The number of methoxy groups -OCH3 is 2. The molecule has 1 atom stereocenters. The molecule has 3 aromatic carbocycles. The van der Waals surface area contributed by atoms with Gasteiger partial charge in [-0.25, -0.2) is 14.4 Å². The molecule has 0 aromatic heterocycles. The minimum absolute atomic E-state index is 0.0556. The van der Waals surface area contributed by atoms with Crippen molar-refractivity contribution >= 4 is 41.2 Å². The lowest BCUT2D eigenvalue weighted by atomic mass is 9.98. The number of anilines is 2. The minimum atomic E-state index is -0.691. The van der Waals surface area contributed by atoms with Gasteiger partial charge in [-0.05, 0) is 65.9 Å². The van der Waals surface area contributed by atoms with E-state index in [1.54, 1.807) is 24.3 Å². The van der Waals surface area contributed by atoms with Crippen molar-refractivity contribution in [1.29, 1.82) is 5.41 Å². The first-order valence-electron chi connectivity index (χ1n) is 13.2. The average molecular weight is 588 g/mol. The van der Waals surface area contributed by atoms with Gasteiger partial charge in [-0.3, -0.25) is 20.4 Å². The summed E-state index contributed by atoms with van der Waals surface area (Å²) in [6.45, 7) is 4.32. The number of carbonyl (C=O) groups is 4. The summed E-state index contributed by atoms with van der Waals surface area (Å²) in [5, 5.41) is 18.7. The van der Waals surface area contributed by atoms with Crippen LogP contribution in [0, 0.1) is 5.41 Å². The number of hydrogen-bond acceptors (Lipinski definition) is 8. The molecule has 0 heterocycles. The van der Waals surface area contributed by atoms with Crippen molar-refractivity contribution in [2.24, 2.45) is 16.2 Å². The van der Waals surface area contributed by atoms with Crippen LogP contribution >= 0.6 is 0 Å². The molecule has 3 aromatic rings. The molecule has 3 rings (SSSR count). The molecule has 0 radical (unpaired) electrons. The third-order valence-electron chi connectivity index (χ3n) is 6.60. The first kappa shape index (κ1) is 31.9. The number of carbonyl (C=O) groups excluding carboxylic acids is 4. The molecule has 0 spiro atoms. The lowest BCUT2D eigenvalue weighted by Gasteiger charge is -2.24. The Morgan fingerprint density at radius 2 is 1.49 bits per heavy atom. The largest absolute Gasteiger partial charge is 0.465 e. The van der Waals surface area contributed by atoms with Gasteiger partial charge in [-0.15, -0.1) is 0 Å². The second-order valence-electron chi connectivity index (χ2n) is 9.41. The second kappa shape index (κ2) is 14.9. The van der Waals surface area contributed by atoms with E-state index in [1.165, 1.54) is 37.3 Å². The van der Waals surface area contributed by atoms with Crippen LogP contribution in [0.4, 0.5) is 16.2 Å². The fraction of sp³-hybridized carbons (Fsp3) is 0.233. The molecule has 43 heavy (non-hydrogen) atoms. The van der Waals surface area contributed by atoms with Crippen molar-refractivity contribution < 1.29 is 28.7 Å². The molecule has 0 saturated heterocycles. The molecule has 224 valence electrons. The maximum Gasteiger partial charge on any atom is 0.337 e. The molecule has 0 aliphatic heterocycles. The van der Waals surface area contributed by atoms with Crippen LogP contribution in [0.25, 0.3) is 0 Å². The molecule has 0 aliphatic carbocycles. The molecular weight excluding hydrogens is 554 g/mol. The number of urea groups is 1. The van der Waals surface area contributed by atoms with E-state index in [1.807, 2.05) is 24.3 Å². The minimum Gasteiger partial charge on any atom is -0.465 e. The standard InChI is InChI=1S/C30H33N7O6/c1-5-18(2)20-10-12-25(13-11-20)37(17-19-6-8-21(9-7-19)26(38)34-29(31)35-36-32)30(41)33-24-15-22(27(39)42-3)14-23(16-24)28(40)43-4/h6-16,18H,5,17H2,1-4H3,(H,33,41)(H4,31,32,34,35,38). The zero-order valence-electron chi connectivity index (χ0n) is 24.2. The van der Waals surface area contributed by atoms with Crippen molar-refractivity contribution in [3.8, 4) is 0 Å². The summed E-state index contributed by atoms with van der Waals surface area (Å²) in [6.07, 6.45) is 0.955. The van der Waals surface area contributed by atoms with Crippen molar-refractivity contribution in [2.45, 2.75) is 32.7 Å². The molecule has 0 bridgehead atoms. The van der Waals surface area contributed by atoms with Crippen LogP contribution in [0.1, 0.15) is 68.4 Å². The van der Waals surface area contributed by atoms with Gasteiger partial charge in [0.25, 0.3) is 5.91 Å². The third kappa shape index (κ3) is 8.45. The number of esters is 2. The van der Waals surface area contributed by atoms with E-state index in [0.29, 0.717) is 17.2 Å². The zero-order valence-corrected chi connectivity index (χ0v) is 24.2. The van der Waals surface area contributed by atoms with E-state index < -0.39 is 29.8 Å². The Bertz CT molecular complexity index is 1490. The number of benzene rings is 3. The first-order valence-corrected chi connectivity index (χ1v) is 13.2. The maximum atomic E-state index is 13.7. The Balaban J connectivity index is 1.94. The van der Waals surface area contributed by atoms with E-state index in [0.717, 1.165) is 12.0 Å². The zero-order chi connectivity index (χ0) is 31.5. The van der Waals surface area contributed by atoms with Crippen molar-refractivity contribution in [2.75, 3.05) is 24.4 Å². The summed E-state index contributed by atoms with van der Waals surface area (Å²) < 4.78 is 9.58. The lowest BCUT2D eigenvalue weighted by molar-refractivity contribution is 0.0599. The van der Waals surface area contributed by atoms with Gasteiger partial charge in [0.2, 0.25) is 5.96 Å². The molecule has 0 fully saturated rings. The Morgan fingerprint density at radius 1 is 0.907 bits per heavy atom. The molecule has 1 unspecified atom stereocenters. The van der Waals surface area contributed by atoms with Gasteiger partial charge in [0.15, 0.2) is 0 Å². The summed E-state index contributed by atoms with van der Waals surface area (Å²) in [5.41, 5.74) is 2.94. The van der Waals surface area contributed by atoms with Crippen LogP contribution < -0.4 is 21.4 Å². The molecular formula is C30H33N7O6. The fourth-order valence-corrected chi connectivity index (χ4v) is 4.07. The van der Waals surface area contributed by atoms with Crippen molar-refractivity contribution in [3.63, 3.8) is 0 Å². The monoisotopic (exact) mass is 587 g/mol. The van der Waals surface area contributed by atoms with Crippen LogP contribution in [0.3, 0.4) is 0 Å². The van der Waals surface area contributed by atoms with Crippen LogP contribution in [0.15, 0.2) is 77.1 Å². The van der Waals surface area contributed by atoms with Crippen molar-refractivity contribution in [3.05, 3.63) is 94.5 Å². The number of guanidine groups is 1. The molecule has 5 N–H and O–H groups in total. The van der Waals surface area contributed by atoms with Gasteiger partial charge < -0.3 is 20.6 Å². The van der Waals surface area contributed by atoms with Crippen LogP contribution in [0.2, 0.25) is 0 Å². The summed E-state index contributed by atoms with van der Waals surface area (Å²) in [4.78, 5) is 52.0. The highest BCUT2D eigenvalue weighted by atomic mass is 16.5. The van der Waals surface area contributed by atoms with Crippen LogP contribution in [0.5, 0.6) is 0 Å². The number of rotatable bonds is 9. The normalized spacial score (nSPS) is 11.3. The number of ether oxygens (including phenoxy) is 2. The Labute approximate surface area is 248 Å². The highest BCUT2D eigenvalue weighted by molar-refractivity contribution is 6.05. The number of nitrogens with two attached hydrogens (primary N) is 1. The number of nitrogens with one attached hydrogen (secondary N) is 3. The molecule has 0 aliphatic rings. The van der Waals surface area contributed by atoms with Crippen LogP contribution in [-0.2, 0) is 16.0 Å². The molecule has 3 amide bonds. The molecule has 13 heteroatoms. The second-order valence-corrected chi connectivity index (χ2v) is 9.41. The van der Waals surface area contributed by atoms with Gasteiger partial charge in [-0.1, -0.05) is 48.5 Å². The highest BCUT2D eigenvalue weighted by Crippen LogP contribution is 2.25. The Kier molecular flexibility index (Phi) is 11.0. The molecule has 0 saturated carbocycles. The summed E-state index contributed by atoms with van der Waals surface area (Å²) in [5.74, 6) is 2.77. The highest BCUT2D eigenvalue weighted by Gasteiger charge is 2.20. The van der Waals surface area contributed by atoms with E-state index in [4.69, 9.17) is 20.7 Å². The van der Waals surface area contributed by atoms with Gasteiger partial charge in [0.1, 0.15) is 0 Å². The quantitative estimate of drug-likeness (QED) is 0.0676. The summed E-state index contributed by atoms with van der Waals surface area (Å²) in [6, 6.07) is 17.6. The van der Waals surface area contributed by atoms with E-state index >= 15 is 0 Å². The van der Waals surface area contributed by atoms with Gasteiger partial charge in [0.05, 0.1) is 31.9 Å². The van der Waals surface area contributed by atoms with E-state index in [9.17, 15) is 19.2 Å². The number of amides is 3. The Hall–Kier alpha value is -5.59. The van der Waals surface area contributed by atoms with Crippen LogP contribution in [-0.4, -0.2) is 44.1 Å². The van der Waals surface area contributed by atoms with E-state index in [-0.39, 0.29) is 28.9 Å². The number of nitrogens with zero attached hydrogens (tertiary/aromatic N) is 3. The molecule has 13 nitrogen and oxygen atoms in total. The van der Waals surface area contributed by atoms with E-state index in [2.05, 4.69) is 34.8 Å². The maximum absolute atomic E-state index is 13.7. The van der Waals surface area contributed by atoms with Gasteiger partial charge >= 0.3 is 18.0 Å². The number of hydrogen-bond donors (Lipinski definition) is 4.